The molecule has 1 aromatic carbocycles. The van der Waals surface area contributed by atoms with Gasteiger partial charge in [-0.05, 0) is 37.5 Å². The van der Waals surface area contributed by atoms with Gasteiger partial charge in [0, 0.05) is 43.6 Å². The number of hydrogen-bond donors (Lipinski definition) is 1. The van der Waals surface area contributed by atoms with Gasteiger partial charge in [0.05, 0.1) is 6.10 Å². The molecule has 2 atom stereocenters. The molecule has 2 aromatic rings. The summed E-state index contributed by atoms with van der Waals surface area (Å²) in [5.74, 6) is 1.75. The van der Waals surface area contributed by atoms with Crippen molar-refractivity contribution >= 4 is 5.91 Å². The predicted octanol–water partition coefficient (Wildman–Crippen LogP) is 2.19. The summed E-state index contributed by atoms with van der Waals surface area (Å²) in [5, 5.41) is 3.12. The number of imidazole rings is 1. The first kappa shape index (κ1) is 16.1. The van der Waals surface area contributed by atoms with Crippen LogP contribution >= 0.6 is 0 Å². The Labute approximate surface area is 147 Å². The largest absolute Gasteiger partial charge is 0.491 e. The standard InChI is InChI=1S/C19H23N3O3/c23-19(21-15-6-7-18-20-8-9-22(18)12-15)14-3-1-4-16(11-14)25-13-17-5-2-10-24-17/h1,3-4,8-9,11,15,17H,2,5-7,10,12-13H2,(H,21,23). The van der Waals surface area contributed by atoms with Crippen LogP contribution in [0.1, 0.15) is 35.4 Å². The van der Waals surface area contributed by atoms with Crippen molar-refractivity contribution in [3.05, 3.63) is 48.0 Å². The normalized spacial score (nSPS) is 22.4. The molecule has 1 amide bonds. The Morgan fingerprint density at radius 3 is 3.24 bits per heavy atom. The molecule has 6 heteroatoms. The van der Waals surface area contributed by atoms with Gasteiger partial charge < -0.3 is 19.4 Å². The highest BCUT2D eigenvalue weighted by atomic mass is 16.5. The number of aryl methyl sites for hydroxylation is 1. The van der Waals surface area contributed by atoms with Gasteiger partial charge in [0.2, 0.25) is 0 Å². The molecule has 25 heavy (non-hydrogen) atoms. The number of benzene rings is 1. The maximum atomic E-state index is 12.6. The maximum absolute atomic E-state index is 12.6. The zero-order chi connectivity index (χ0) is 17.1. The third-order valence-electron chi connectivity index (χ3n) is 4.83. The number of nitrogens with one attached hydrogen (secondary N) is 1. The third-order valence-corrected chi connectivity index (χ3v) is 4.83. The van der Waals surface area contributed by atoms with Crippen molar-refractivity contribution in [2.45, 2.75) is 44.4 Å². The zero-order valence-electron chi connectivity index (χ0n) is 14.2. The Morgan fingerprint density at radius 1 is 1.40 bits per heavy atom. The van der Waals surface area contributed by atoms with Crippen LogP contribution in [0.5, 0.6) is 5.75 Å². The molecule has 1 fully saturated rings. The van der Waals surface area contributed by atoms with Gasteiger partial charge in [-0.1, -0.05) is 6.07 Å². The van der Waals surface area contributed by atoms with Crippen molar-refractivity contribution in [2.75, 3.05) is 13.2 Å². The molecule has 0 spiro atoms. The Kier molecular flexibility index (Phi) is 4.70. The van der Waals surface area contributed by atoms with E-state index in [0.717, 1.165) is 44.7 Å². The van der Waals surface area contributed by atoms with E-state index in [1.165, 1.54) is 0 Å². The van der Waals surface area contributed by atoms with Crippen LogP contribution in [0.4, 0.5) is 0 Å². The predicted molar refractivity (Wildman–Crippen MR) is 92.7 cm³/mol. The minimum absolute atomic E-state index is 0.0591. The van der Waals surface area contributed by atoms with Crippen molar-refractivity contribution in [1.82, 2.24) is 14.9 Å². The molecular weight excluding hydrogens is 318 g/mol. The number of carbonyl (C=O) groups is 1. The molecule has 1 aromatic heterocycles. The molecule has 1 N–H and O–H groups in total. The van der Waals surface area contributed by atoms with Crippen LogP contribution < -0.4 is 10.1 Å². The first-order valence-corrected chi connectivity index (χ1v) is 8.93. The van der Waals surface area contributed by atoms with E-state index >= 15 is 0 Å². The van der Waals surface area contributed by atoms with Crippen LogP contribution in [-0.2, 0) is 17.7 Å². The summed E-state index contributed by atoms with van der Waals surface area (Å²) in [7, 11) is 0. The van der Waals surface area contributed by atoms with Crippen LogP contribution in [0.3, 0.4) is 0 Å². The molecule has 0 radical (unpaired) electrons. The van der Waals surface area contributed by atoms with E-state index in [1.54, 1.807) is 6.07 Å². The lowest BCUT2D eigenvalue weighted by Gasteiger charge is -2.24. The van der Waals surface area contributed by atoms with E-state index in [2.05, 4.69) is 14.9 Å². The molecule has 0 bridgehead atoms. The fraction of sp³-hybridized carbons (Fsp3) is 0.474. The molecule has 0 aliphatic carbocycles. The molecule has 1 saturated heterocycles. The highest BCUT2D eigenvalue weighted by molar-refractivity contribution is 5.94. The van der Waals surface area contributed by atoms with E-state index in [0.29, 0.717) is 17.9 Å². The van der Waals surface area contributed by atoms with E-state index in [4.69, 9.17) is 9.47 Å². The Hall–Kier alpha value is -2.34. The minimum Gasteiger partial charge on any atom is -0.491 e. The topological polar surface area (TPSA) is 65.4 Å². The summed E-state index contributed by atoms with van der Waals surface area (Å²) in [4.78, 5) is 16.9. The second-order valence-electron chi connectivity index (χ2n) is 6.68. The third kappa shape index (κ3) is 3.85. The van der Waals surface area contributed by atoms with E-state index < -0.39 is 0 Å². The Morgan fingerprint density at radius 2 is 2.36 bits per heavy atom. The fourth-order valence-electron chi connectivity index (χ4n) is 3.45. The van der Waals surface area contributed by atoms with Gasteiger partial charge in [-0.15, -0.1) is 0 Å². The molecule has 2 aliphatic rings. The smallest absolute Gasteiger partial charge is 0.251 e. The first-order valence-electron chi connectivity index (χ1n) is 8.93. The number of hydrogen-bond acceptors (Lipinski definition) is 4. The molecule has 2 aliphatic heterocycles. The van der Waals surface area contributed by atoms with Crippen LogP contribution in [0.25, 0.3) is 0 Å². The number of nitrogens with zero attached hydrogens (tertiary/aromatic N) is 2. The fourth-order valence-corrected chi connectivity index (χ4v) is 3.45. The van der Waals surface area contributed by atoms with Crippen molar-refractivity contribution in [2.24, 2.45) is 0 Å². The summed E-state index contributed by atoms with van der Waals surface area (Å²) in [6.45, 7) is 2.13. The van der Waals surface area contributed by atoms with Gasteiger partial charge in [-0.2, -0.15) is 0 Å². The summed E-state index contributed by atoms with van der Waals surface area (Å²) in [5.41, 5.74) is 0.626. The average Bonchev–Trinajstić information content (AvgIpc) is 3.31. The van der Waals surface area contributed by atoms with E-state index in [-0.39, 0.29) is 18.1 Å². The average molecular weight is 341 g/mol. The zero-order valence-corrected chi connectivity index (χ0v) is 14.2. The van der Waals surface area contributed by atoms with Gasteiger partial charge >= 0.3 is 0 Å². The van der Waals surface area contributed by atoms with Gasteiger partial charge in [0.1, 0.15) is 18.2 Å². The minimum atomic E-state index is -0.0591. The van der Waals surface area contributed by atoms with Crippen molar-refractivity contribution in [3.63, 3.8) is 0 Å². The molecule has 6 nitrogen and oxygen atoms in total. The number of aromatic nitrogens is 2. The molecule has 0 saturated carbocycles. The maximum Gasteiger partial charge on any atom is 0.251 e. The lowest BCUT2D eigenvalue weighted by Crippen LogP contribution is -2.40. The monoisotopic (exact) mass is 341 g/mol. The highest BCUT2D eigenvalue weighted by Gasteiger charge is 2.21. The second-order valence-corrected chi connectivity index (χ2v) is 6.68. The number of ether oxygens (including phenoxy) is 2. The van der Waals surface area contributed by atoms with Gasteiger partial charge in [0.25, 0.3) is 5.91 Å². The van der Waals surface area contributed by atoms with Crippen molar-refractivity contribution < 1.29 is 14.3 Å². The number of rotatable bonds is 5. The second kappa shape index (κ2) is 7.27. The van der Waals surface area contributed by atoms with Crippen LogP contribution in [0.2, 0.25) is 0 Å². The Balaban J connectivity index is 1.34. The Bertz CT molecular complexity index is 737. The quantitative estimate of drug-likeness (QED) is 0.905. The lowest BCUT2D eigenvalue weighted by molar-refractivity contribution is 0.0679. The summed E-state index contributed by atoms with van der Waals surface area (Å²) < 4.78 is 13.5. The lowest BCUT2D eigenvalue weighted by atomic mass is 10.1. The van der Waals surface area contributed by atoms with Gasteiger partial charge in [-0.3, -0.25) is 4.79 Å². The molecular formula is C19H23N3O3. The van der Waals surface area contributed by atoms with Gasteiger partial charge in [-0.25, -0.2) is 4.98 Å². The van der Waals surface area contributed by atoms with Crippen molar-refractivity contribution in [1.29, 1.82) is 0 Å². The summed E-state index contributed by atoms with van der Waals surface area (Å²) >= 11 is 0. The number of amides is 1. The first-order chi connectivity index (χ1) is 12.3. The number of carbonyl (C=O) groups excluding carboxylic acids is 1. The SMILES string of the molecule is O=C(NC1CCc2nccn2C1)c1cccc(OCC2CCCO2)c1. The summed E-state index contributed by atoms with van der Waals surface area (Å²) in [6.07, 6.45) is 7.89. The molecule has 3 heterocycles. The highest BCUT2D eigenvalue weighted by Crippen LogP contribution is 2.18. The molecule has 2 unspecified atom stereocenters. The van der Waals surface area contributed by atoms with Gasteiger partial charge in [0.15, 0.2) is 0 Å². The van der Waals surface area contributed by atoms with Crippen LogP contribution in [0.15, 0.2) is 36.7 Å². The van der Waals surface area contributed by atoms with Crippen LogP contribution in [0, 0.1) is 0 Å². The van der Waals surface area contributed by atoms with E-state index in [9.17, 15) is 4.79 Å². The molecule has 132 valence electrons. The van der Waals surface area contributed by atoms with Crippen LogP contribution in [-0.4, -0.2) is 40.8 Å². The van der Waals surface area contributed by atoms with Crippen molar-refractivity contribution in [3.8, 4) is 5.75 Å². The van der Waals surface area contributed by atoms with E-state index in [1.807, 2.05) is 30.6 Å². The number of fused-ring (bicyclic) bond motifs is 1. The molecule has 4 rings (SSSR count). The summed E-state index contributed by atoms with van der Waals surface area (Å²) in [6, 6.07) is 7.49.